The third kappa shape index (κ3) is 3.34. The molecule has 3 N–H and O–H groups in total. The average molecular weight is 224 g/mol. The minimum absolute atomic E-state index is 0.0156. The number of aromatic nitrogens is 2. The van der Waals surface area contributed by atoms with Gasteiger partial charge in [0.15, 0.2) is 0 Å². The molecule has 2 unspecified atom stereocenters. The van der Waals surface area contributed by atoms with Crippen LogP contribution in [0.2, 0.25) is 0 Å². The fraction of sp³-hybridized carbons (Fsp3) is 0.636. The lowest BCUT2D eigenvalue weighted by atomic mass is 9.99. The Labute approximate surface area is 96.0 Å². The quantitative estimate of drug-likeness (QED) is 0.765. The van der Waals surface area contributed by atoms with Crippen molar-refractivity contribution in [1.29, 1.82) is 0 Å². The summed E-state index contributed by atoms with van der Waals surface area (Å²) in [6, 6.07) is 1.87. The lowest BCUT2D eigenvalue weighted by Crippen LogP contribution is -2.53. The van der Waals surface area contributed by atoms with E-state index in [1.165, 1.54) is 0 Å². The number of hydrogen-bond donors (Lipinski definition) is 2. The fourth-order valence-corrected chi connectivity index (χ4v) is 1.28. The van der Waals surface area contributed by atoms with Gasteiger partial charge in [0.1, 0.15) is 0 Å². The number of nitrogens with two attached hydrogens (primary N) is 1. The zero-order valence-electron chi connectivity index (χ0n) is 10.1. The molecule has 0 bridgehead atoms. The van der Waals surface area contributed by atoms with Crippen molar-refractivity contribution in [3.05, 3.63) is 18.5 Å². The Hall–Kier alpha value is -1.36. The third-order valence-corrected chi connectivity index (χ3v) is 2.65. The molecule has 0 spiro atoms. The Morgan fingerprint density at radius 1 is 1.69 bits per heavy atom. The second-order valence-electron chi connectivity index (χ2n) is 4.37. The summed E-state index contributed by atoms with van der Waals surface area (Å²) < 4.78 is 1.78. The predicted octanol–water partition coefficient (Wildman–Crippen LogP) is 0.515. The van der Waals surface area contributed by atoms with Crippen LogP contribution in [-0.4, -0.2) is 27.3 Å². The summed E-state index contributed by atoms with van der Waals surface area (Å²) in [4.78, 5) is 11.8. The summed E-state index contributed by atoms with van der Waals surface area (Å²) in [5.41, 5.74) is 5.05. The standard InChI is InChI=1S/C11H20N4O/c1-4-11(3,12)10(16)14-9(2)8-15-7-5-6-13-15/h5-7,9H,4,8,12H2,1-3H3,(H,14,16). The van der Waals surface area contributed by atoms with E-state index in [0.717, 1.165) is 0 Å². The molecule has 5 heteroatoms. The van der Waals surface area contributed by atoms with Gasteiger partial charge >= 0.3 is 0 Å². The first-order chi connectivity index (χ1) is 7.45. The number of nitrogens with zero attached hydrogens (tertiary/aromatic N) is 2. The van der Waals surface area contributed by atoms with Crippen LogP contribution in [0.1, 0.15) is 27.2 Å². The van der Waals surface area contributed by atoms with E-state index in [2.05, 4.69) is 10.4 Å². The van der Waals surface area contributed by atoms with Gasteiger partial charge in [-0.2, -0.15) is 5.10 Å². The largest absolute Gasteiger partial charge is 0.350 e. The molecule has 0 saturated heterocycles. The highest BCUT2D eigenvalue weighted by molar-refractivity contribution is 5.85. The van der Waals surface area contributed by atoms with Crippen LogP contribution in [0.5, 0.6) is 0 Å². The van der Waals surface area contributed by atoms with Crippen LogP contribution < -0.4 is 11.1 Å². The molecule has 0 saturated carbocycles. The molecule has 0 fully saturated rings. The topological polar surface area (TPSA) is 72.9 Å². The van der Waals surface area contributed by atoms with Crippen LogP contribution in [0, 0.1) is 0 Å². The van der Waals surface area contributed by atoms with Gasteiger partial charge in [-0.3, -0.25) is 9.48 Å². The molecule has 1 heterocycles. The van der Waals surface area contributed by atoms with Gasteiger partial charge in [-0.05, 0) is 26.3 Å². The van der Waals surface area contributed by atoms with E-state index in [9.17, 15) is 4.79 Å². The fourth-order valence-electron chi connectivity index (χ4n) is 1.28. The van der Waals surface area contributed by atoms with Crippen molar-refractivity contribution < 1.29 is 4.79 Å². The molecule has 1 rings (SSSR count). The van der Waals surface area contributed by atoms with Gasteiger partial charge in [-0.1, -0.05) is 6.92 Å². The van der Waals surface area contributed by atoms with Crippen molar-refractivity contribution in [3.8, 4) is 0 Å². The zero-order valence-corrected chi connectivity index (χ0v) is 10.1. The molecule has 2 atom stereocenters. The number of carbonyl (C=O) groups excluding carboxylic acids is 1. The van der Waals surface area contributed by atoms with E-state index in [1.807, 2.05) is 26.1 Å². The Morgan fingerprint density at radius 3 is 2.88 bits per heavy atom. The summed E-state index contributed by atoms with van der Waals surface area (Å²) in [5, 5.41) is 6.96. The molecule has 1 amide bonds. The molecule has 16 heavy (non-hydrogen) atoms. The first kappa shape index (κ1) is 12.7. The van der Waals surface area contributed by atoms with Crippen molar-refractivity contribution in [2.75, 3.05) is 0 Å². The van der Waals surface area contributed by atoms with Crippen LogP contribution in [-0.2, 0) is 11.3 Å². The van der Waals surface area contributed by atoms with E-state index in [-0.39, 0.29) is 11.9 Å². The van der Waals surface area contributed by atoms with Gasteiger partial charge in [0.2, 0.25) is 5.91 Å². The SMILES string of the molecule is CCC(C)(N)C(=O)NC(C)Cn1cccn1. The Bertz CT molecular complexity index is 332. The van der Waals surface area contributed by atoms with Crippen molar-refractivity contribution in [2.24, 2.45) is 5.73 Å². The number of carbonyl (C=O) groups is 1. The van der Waals surface area contributed by atoms with Gasteiger partial charge in [0.05, 0.1) is 12.1 Å². The minimum atomic E-state index is -0.793. The highest BCUT2D eigenvalue weighted by Crippen LogP contribution is 2.05. The van der Waals surface area contributed by atoms with Gasteiger partial charge < -0.3 is 11.1 Å². The normalized spacial score (nSPS) is 16.5. The van der Waals surface area contributed by atoms with Gasteiger partial charge in [0, 0.05) is 18.4 Å². The maximum atomic E-state index is 11.8. The molecular weight excluding hydrogens is 204 g/mol. The van der Waals surface area contributed by atoms with Gasteiger partial charge in [0.25, 0.3) is 0 Å². The first-order valence-electron chi connectivity index (χ1n) is 5.53. The van der Waals surface area contributed by atoms with E-state index >= 15 is 0 Å². The Balaban J connectivity index is 2.46. The second kappa shape index (κ2) is 5.12. The van der Waals surface area contributed by atoms with E-state index in [1.54, 1.807) is 17.8 Å². The second-order valence-corrected chi connectivity index (χ2v) is 4.37. The predicted molar refractivity (Wildman–Crippen MR) is 62.7 cm³/mol. The van der Waals surface area contributed by atoms with Crippen LogP contribution in [0.15, 0.2) is 18.5 Å². The third-order valence-electron chi connectivity index (χ3n) is 2.65. The van der Waals surface area contributed by atoms with Crippen LogP contribution in [0.25, 0.3) is 0 Å². The van der Waals surface area contributed by atoms with E-state index in [0.29, 0.717) is 13.0 Å². The van der Waals surface area contributed by atoms with Crippen LogP contribution in [0.4, 0.5) is 0 Å². The molecule has 0 aliphatic carbocycles. The molecule has 0 aromatic carbocycles. The van der Waals surface area contributed by atoms with Gasteiger partial charge in [-0.15, -0.1) is 0 Å². The highest BCUT2D eigenvalue weighted by Gasteiger charge is 2.26. The summed E-state index contributed by atoms with van der Waals surface area (Å²) in [7, 11) is 0. The number of hydrogen-bond acceptors (Lipinski definition) is 3. The molecular formula is C11H20N4O. The van der Waals surface area contributed by atoms with E-state index < -0.39 is 5.54 Å². The monoisotopic (exact) mass is 224 g/mol. The average Bonchev–Trinajstić information content (AvgIpc) is 2.70. The zero-order chi connectivity index (χ0) is 12.2. The maximum absolute atomic E-state index is 11.8. The van der Waals surface area contributed by atoms with Crippen LogP contribution in [0.3, 0.4) is 0 Å². The molecule has 90 valence electrons. The Morgan fingerprint density at radius 2 is 2.38 bits per heavy atom. The van der Waals surface area contributed by atoms with Crippen molar-refractivity contribution in [1.82, 2.24) is 15.1 Å². The van der Waals surface area contributed by atoms with E-state index in [4.69, 9.17) is 5.73 Å². The molecule has 1 aromatic heterocycles. The number of amides is 1. The van der Waals surface area contributed by atoms with Crippen molar-refractivity contribution in [3.63, 3.8) is 0 Å². The molecule has 0 aliphatic rings. The number of rotatable bonds is 5. The summed E-state index contributed by atoms with van der Waals surface area (Å²) >= 11 is 0. The minimum Gasteiger partial charge on any atom is -0.350 e. The first-order valence-corrected chi connectivity index (χ1v) is 5.53. The lowest BCUT2D eigenvalue weighted by molar-refractivity contribution is -0.126. The summed E-state index contributed by atoms with van der Waals surface area (Å²) in [5.74, 6) is -0.116. The van der Waals surface area contributed by atoms with Gasteiger partial charge in [-0.25, -0.2) is 0 Å². The van der Waals surface area contributed by atoms with Crippen molar-refractivity contribution in [2.45, 2.75) is 45.3 Å². The molecule has 5 nitrogen and oxygen atoms in total. The van der Waals surface area contributed by atoms with Crippen LogP contribution >= 0.6 is 0 Å². The summed E-state index contributed by atoms with van der Waals surface area (Å²) in [6.45, 7) is 6.23. The molecule has 0 aliphatic heterocycles. The molecule has 1 aromatic rings. The smallest absolute Gasteiger partial charge is 0.240 e. The molecule has 0 radical (unpaired) electrons. The number of nitrogens with one attached hydrogen (secondary N) is 1. The summed E-state index contributed by atoms with van der Waals surface area (Å²) in [6.07, 6.45) is 4.20. The van der Waals surface area contributed by atoms with Crippen molar-refractivity contribution >= 4 is 5.91 Å². The lowest BCUT2D eigenvalue weighted by Gasteiger charge is -2.24. The maximum Gasteiger partial charge on any atom is 0.240 e. The highest BCUT2D eigenvalue weighted by atomic mass is 16.2. The Kier molecular flexibility index (Phi) is 4.06.